The molecule has 21 heavy (non-hydrogen) atoms. The van der Waals surface area contributed by atoms with E-state index in [1.807, 2.05) is 48.5 Å². The smallest absolute Gasteiger partial charge is 0.131 e. The molecule has 0 aliphatic heterocycles. The molecule has 0 unspecified atom stereocenters. The van der Waals surface area contributed by atoms with Gasteiger partial charge in [-0.15, -0.1) is 0 Å². The van der Waals surface area contributed by atoms with Crippen LogP contribution in [0.5, 0.6) is 0 Å². The highest BCUT2D eigenvalue weighted by Crippen LogP contribution is 2.21. The Bertz CT molecular complexity index is 771. The number of rotatable bonds is 4. The third kappa shape index (κ3) is 3.12. The van der Waals surface area contributed by atoms with Gasteiger partial charge in [0.2, 0.25) is 0 Å². The van der Waals surface area contributed by atoms with E-state index in [4.69, 9.17) is 10.5 Å². The molecule has 0 atom stereocenters. The summed E-state index contributed by atoms with van der Waals surface area (Å²) in [4.78, 5) is 4.59. The van der Waals surface area contributed by atoms with Crippen LogP contribution in [0.25, 0.3) is 10.9 Å². The van der Waals surface area contributed by atoms with Gasteiger partial charge >= 0.3 is 0 Å². The van der Waals surface area contributed by atoms with Crippen LogP contribution in [-0.4, -0.2) is 12.1 Å². The van der Waals surface area contributed by atoms with E-state index in [-0.39, 0.29) is 0 Å². The molecule has 0 fully saturated rings. The van der Waals surface area contributed by atoms with E-state index in [1.54, 1.807) is 7.11 Å². The van der Waals surface area contributed by atoms with Crippen LogP contribution < -0.4 is 11.1 Å². The summed E-state index contributed by atoms with van der Waals surface area (Å²) in [5.74, 6) is 0.807. The Hall–Kier alpha value is -2.59. The molecule has 0 radical (unpaired) electrons. The van der Waals surface area contributed by atoms with E-state index >= 15 is 0 Å². The largest absolute Gasteiger partial charge is 0.399 e. The van der Waals surface area contributed by atoms with Crippen molar-refractivity contribution in [3.63, 3.8) is 0 Å². The van der Waals surface area contributed by atoms with E-state index < -0.39 is 0 Å². The number of methoxy groups -OCH3 is 1. The van der Waals surface area contributed by atoms with Gasteiger partial charge in [0.05, 0.1) is 12.1 Å². The summed E-state index contributed by atoms with van der Waals surface area (Å²) in [7, 11) is 1.69. The van der Waals surface area contributed by atoms with Crippen molar-refractivity contribution in [2.75, 3.05) is 18.2 Å². The van der Waals surface area contributed by atoms with Crippen molar-refractivity contribution in [2.24, 2.45) is 0 Å². The molecule has 106 valence electrons. The molecule has 0 aliphatic carbocycles. The summed E-state index contributed by atoms with van der Waals surface area (Å²) < 4.78 is 5.15. The first-order valence-electron chi connectivity index (χ1n) is 6.76. The number of nitrogens with two attached hydrogens (primary N) is 1. The standard InChI is InChI=1S/C17H17N3O/c1-21-11-12-3-2-4-15(9-12)19-17-8-5-13-10-14(18)6-7-16(13)20-17/h2-10H,11,18H2,1H3,(H,19,20). The third-order valence-corrected chi connectivity index (χ3v) is 3.22. The first kappa shape index (κ1) is 13.4. The zero-order chi connectivity index (χ0) is 14.7. The van der Waals surface area contributed by atoms with Gasteiger partial charge in [0.1, 0.15) is 5.82 Å². The maximum Gasteiger partial charge on any atom is 0.131 e. The Balaban J connectivity index is 1.87. The van der Waals surface area contributed by atoms with Crippen LogP contribution in [0.2, 0.25) is 0 Å². The molecule has 0 bridgehead atoms. The van der Waals surface area contributed by atoms with Crippen LogP contribution in [0.3, 0.4) is 0 Å². The second-order valence-electron chi connectivity index (χ2n) is 4.91. The van der Waals surface area contributed by atoms with Gasteiger partial charge in [-0.25, -0.2) is 4.98 Å². The number of ether oxygens (including phenoxy) is 1. The Kier molecular flexibility index (Phi) is 3.71. The van der Waals surface area contributed by atoms with Crippen molar-refractivity contribution >= 4 is 28.1 Å². The summed E-state index contributed by atoms with van der Waals surface area (Å²) in [6.07, 6.45) is 0. The lowest BCUT2D eigenvalue weighted by Gasteiger charge is -2.08. The number of fused-ring (bicyclic) bond motifs is 1. The maximum atomic E-state index is 5.78. The van der Waals surface area contributed by atoms with Crippen molar-refractivity contribution < 1.29 is 4.74 Å². The van der Waals surface area contributed by atoms with Gasteiger partial charge in [-0.3, -0.25) is 0 Å². The Labute approximate surface area is 123 Å². The van der Waals surface area contributed by atoms with Gasteiger partial charge < -0.3 is 15.8 Å². The summed E-state index contributed by atoms with van der Waals surface area (Å²) in [6.45, 7) is 0.597. The Morgan fingerprint density at radius 2 is 2.00 bits per heavy atom. The fourth-order valence-electron chi connectivity index (χ4n) is 2.27. The number of benzene rings is 2. The summed E-state index contributed by atoms with van der Waals surface area (Å²) >= 11 is 0. The zero-order valence-electron chi connectivity index (χ0n) is 11.8. The number of nitrogen functional groups attached to an aromatic ring is 1. The number of aromatic nitrogens is 1. The Morgan fingerprint density at radius 3 is 2.86 bits per heavy atom. The van der Waals surface area contributed by atoms with Crippen molar-refractivity contribution in [2.45, 2.75) is 6.61 Å². The SMILES string of the molecule is COCc1cccc(Nc2ccc3cc(N)ccc3n2)c1. The van der Waals surface area contributed by atoms with Gasteiger partial charge in [0.15, 0.2) is 0 Å². The lowest BCUT2D eigenvalue weighted by molar-refractivity contribution is 0.185. The topological polar surface area (TPSA) is 60.2 Å². The summed E-state index contributed by atoms with van der Waals surface area (Å²) in [6, 6.07) is 17.8. The highest BCUT2D eigenvalue weighted by molar-refractivity contribution is 5.83. The highest BCUT2D eigenvalue weighted by atomic mass is 16.5. The third-order valence-electron chi connectivity index (χ3n) is 3.22. The molecular formula is C17H17N3O. The first-order chi connectivity index (χ1) is 10.2. The number of pyridine rings is 1. The molecular weight excluding hydrogens is 262 g/mol. The normalized spacial score (nSPS) is 10.7. The minimum atomic E-state index is 0.597. The molecule has 4 nitrogen and oxygen atoms in total. The number of nitrogens with one attached hydrogen (secondary N) is 1. The quantitative estimate of drug-likeness (QED) is 0.715. The molecule has 1 heterocycles. The number of hydrogen-bond acceptors (Lipinski definition) is 4. The first-order valence-corrected chi connectivity index (χ1v) is 6.76. The van der Waals surface area contributed by atoms with Gasteiger partial charge in [-0.05, 0) is 48.0 Å². The lowest BCUT2D eigenvalue weighted by Crippen LogP contribution is -1.95. The van der Waals surface area contributed by atoms with E-state index in [0.717, 1.165) is 33.7 Å². The highest BCUT2D eigenvalue weighted by Gasteiger charge is 2.01. The van der Waals surface area contributed by atoms with Crippen LogP contribution in [0.1, 0.15) is 5.56 Å². The summed E-state index contributed by atoms with van der Waals surface area (Å²) in [5, 5.41) is 4.35. The van der Waals surface area contributed by atoms with Crippen molar-refractivity contribution in [1.82, 2.24) is 4.98 Å². The molecule has 0 aliphatic rings. The second-order valence-corrected chi connectivity index (χ2v) is 4.91. The Morgan fingerprint density at radius 1 is 1.10 bits per heavy atom. The fraction of sp³-hybridized carbons (Fsp3) is 0.118. The van der Waals surface area contributed by atoms with Crippen molar-refractivity contribution in [3.8, 4) is 0 Å². The molecule has 0 saturated carbocycles. The number of anilines is 3. The van der Waals surface area contributed by atoms with Gasteiger partial charge in [-0.2, -0.15) is 0 Å². The average molecular weight is 279 g/mol. The van der Waals surface area contributed by atoms with Crippen LogP contribution in [0.15, 0.2) is 54.6 Å². The van der Waals surface area contributed by atoms with Crippen LogP contribution >= 0.6 is 0 Å². The molecule has 4 heteroatoms. The minimum absolute atomic E-state index is 0.597. The van der Waals surface area contributed by atoms with Crippen LogP contribution in [0, 0.1) is 0 Å². The molecule has 0 spiro atoms. The molecule has 1 aromatic heterocycles. The van der Waals surface area contributed by atoms with Gasteiger partial charge in [0.25, 0.3) is 0 Å². The molecule has 2 aromatic carbocycles. The van der Waals surface area contributed by atoms with E-state index in [9.17, 15) is 0 Å². The molecule has 0 saturated heterocycles. The summed E-state index contributed by atoms with van der Waals surface area (Å²) in [5.41, 5.74) is 9.56. The fourth-order valence-corrected chi connectivity index (χ4v) is 2.27. The molecule has 0 amide bonds. The maximum absolute atomic E-state index is 5.78. The van der Waals surface area contributed by atoms with E-state index in [2.05, 4.69) is 16.4 Å². The predicted molar refractivity (Wildman–Crippen MR) is 86.6 cm³/mol. The average Bonchev–Trinajstić information content (AvgIpc) is 2.48. The van der Waals surface area contributed by atoms with E-state index in [1.165, 1.54) is 0 Å². The van der Waals surface area contributed by atoms with Crippen molar-refractivity contribution in [1.29, 1.82) is 0 Å². The number of hydrogen-bond donors (Lipinski definition) is 2. The number of nitrogens with zero attached hydrogens (tertiary/aromatic N) is 1. The molecule has 3 rings (SSSR count). The molecule has 3 N–H and O–H groups in total. The second kappa shape index (κ2) is 5.81. The van der Waals surface area contributed by atoms with Crippen molar-refractivity contribution in [3.05, 3.63) is 60.2 Å². The van der Waals surface area contributed by atoms with E-state index in [0.29, 0.717) is 6.61 Å². The van der Waals surface area contributed by atoms with Crippen LogP contribution in [-0.2, 0) is 11.3 Å². The lowest BCUT2D eigenvalue weighted by atomic mass is 10.2. The monoisotopic (exact) mass is 279 g/mol. The minimum Gasteiger partial charge on any atom is -0.399 e. The van der Waals surface area contributed by atoms with Gasteiger partial charge in [-0.1, -0.05) is 12.1 Å². The van der Waals surface area contributed by atoms with Crippen LogP contribution in [0.4, 0.5) is 17.2 Å². The molecule has 3 aromatic rings. The predicted octanol–water partition coefficient (Wildman–Crippen LogP) is 3.71. The van der Waals surface area contributed by atoms with Gasteiger partial charge in [0, 0.05) is 23.9 Å². The zero-order valence-corrected chi connectivity index (χ0v) is 11.8.